The van der Waals surface area contributed by atoms with Gasteiger partial charge in [-0.2, -0.15) is 0 Å². The average Bonchev–Trinajstić information content (AvgIpc) is 2.47. The highest BCUT2D eigenvalue weighted by Crippen LogP contribution is 2.20. The van der Waals surface area contributed by atoms with Gasteiger partial charge in [-0.05, 0) is 58.1 Å². The maximum atomic E-state index is 13.4. The first kappa shape index (κ1) is 16.9. The van der Waals surface area contributed by atoms with Crippen LogP contribution in [0.15, 0.2) is 24.3 Å². The molecule has 0 aromatic heterocycles. The summed E-state index contributed by atoms with van der Waals surface area (Å²) in [5.74, 6) is -0.0639. The lowest BCUT2D eigenvalue weighted by atomic mass is 9.92. The van der Waals surface area contributed by atoms with E-state index in [2.05, 4.69) is 17.6 Å². The number of amides is 1. The number of hydrogen-bond acceptors (Lipinski definition) is 3. The summed E-state index contributed by atoms with van der Waals surface area (Å²) in [7, 11) is 3.88. The van der Waals surface area contributed by atoms with Crippen LogP contribution in [0.2, 0.25) is 0 Å². The number of nitrogens with one attached hydrogen (secondary N) is 2. The standard InChI is InChI=1S/C17H26FN3O/c1-12-9-14(7-8-19-12)17(22)20-11-16(21(2)3)13-5-4-6-15(18)10-13/h4-6,10,12,14,16,19H,7-9,11H2,1-3H3,(H,20,22)/t12-,14-,16?/m0/s1. The van der Waals surface area contributed by atoms with Crippen molar-refractivity contribution in [2.45, 2.75) is 31.8 Å². The first-order valence-corrected chi connectivity index (χ1v) is 7.90. The van der Waals surface area contributed by atoms with Crippen LogP contribution in [0.25, 0.3) is 0 Å². The van der Waals surface area contributed by atoms with Crippen LogP contribution in [-0.2, 0) is 4.79 Å². The van der Waals surface area contributed by atoms with Crippen LogP contribution in [0, 0.1) is 11.7 Å². The van der Waals surface area contributed by atoms with Gasteiger partial charge in [-0.25, -0.2) is 4.39 Å². The number of nitrogens with zero attached hydrogens (tertiary/aromatic N) is 1. The van der Waals surface area contributed by atoms with Crippen molar-refractivity contribution in [1.82, 2.24) is 15.5 Å². The molecule has 0 aliphatic carbocycles. The van der Waals surface area contributed by atoms with E-state index in [4.69, 9.17) is 0 Å². The monoisotopic (exact) mass is 307 g/mol. The second kappa shape index (κ2) is 7.70. The summed E-state index contributed by atoms with van der Waals surface area (Å²) in [4.78, 5) is 14.3. The molecular weight excluding hydrogens is 281 g/mol. The van der Waals surface area contributed by atoms with Gasteiger partial charge in [0, 0.05) is 18.5 Å². The zero-order chi connectivity index (χ0) is 16.1. The first-order valence-electron chi connectivity index (χ1n) is 7.90. The van der Waals surface area contributed by atoms with Crippen LogP contribution in [-0.4, -0.2) is 44.0 Å². The van der Waals surface area contributed by atoms with E-state index in [-0.39, 0.29) is 23.7 Å². The summed E-state index contributed by atoms with van der Waals surface area (Å²) in [6, 6.07) is 6.93. The van der Waals surface area contributed by atoms with Crippen LogP contribution in [0.5, 0.6) is 0 Å². The van der Waals surface area contributed by atoms with Gasteiger partial charge in [-0.15, -0.1) is 0 Å². The van der Waals surface area contributed by atoms with Crippen LogP contribution in [0.3, 0.4) is 0 Å². The molecule has 1 aliphatic heterocycles. The van der Waals surface area contributed by atoms with Gasteiger partial charge in [0.05, 0.1) is 6.04 Å². The molecule has 1 aromatic rings. The van der Waals surface area contributed by atoms with E-state index in [1.54, 1.807) is 6.07 Å². The average molecular weight is 307 g/mol. The number of carbonyl (C=O) groups excluding carboxylic acids is 1. The molecular formula is C17H26FN3O. The Morgan fingerprint density at radius 2 is 2.27 bits per heavy atom. The Bertz CT molecular complexity index is 506. The molecule has 1 amide bonds. The molecule has 4 nitrogen and oxygen atoms in total. The Morgan fingerprint density at radius 1 is 1.50 bits per heavy atom. The van der Waals surface area contributed by atoms with Gasteiger partial charge in [0.1, 0.15) is 5.82 Å². The Labute approximate surface area is 132 Å². The Morgan fingerprint density at radius 3 is 2.91 bits per heavy atom. The number of halogens is 1. The van der Waals surface area contributed by atoms with Gasteiger partial charge >= 0.3 is 0 Å². The number of likely N-dealkylation sites (N-methyl/N-ethyl adjacent to an activating group) is 1. The number of benzene rings is 1. The molecule has 1 aliphatic rings. The number of piperidine rings is 1. The van der Waals surface area contributed by atoms with Gasteiger partial charge in [-0.3, -0.25) is 4.79 Å². The zero-order valence-electron chi connectivity index (χ0n) is 13.6. The van der Waals surface area contributed by atoms with Gasteiger partial charge in [0.15, 0.2) is 0 Å². The second-order valence-electron chi connectivity index (χ2n) is 6.36. The third kappa shape index (κ3) is 4.52. The SMILES string of the molecule is C[C@H]1C[C@@H](C(=O)NCC(c2cccc(F)c2)N(C)C)CCN1. The largest absolute Gasteiger partial charge is 0.354 e. The predicted octanol–water partition coefficient (Wildman–Crippen LogP) is 1.93. The maximum Gasteiger partial charge on any atom is 0.223 e. The number of hydrogen-bond donors (Lipinski definition) is 2. The van der Waals surface area contributed by atoms with Crippen molar-refractivity contribution in [1.29, 1.82) is 0 Å². The van der Waals surface area contributed by atoms with Gasteiger partial charge in [-0.1, -0.05) is 12.1 Å². The van der Waals surface area contributed by atoms with E-state index in [9.17, 15) is 9.18 Å². The molecule has 1 saturated heterocycles. The minimum atomic E-state index is -0.247. The molecule has 3 atom stereocenters. The summed E-state index contributed by atoms with van der Waals surface area (Å²) in [5.41, 5.74) is 0.879. The van der Waals surface area contributed by atoms with E-state index in [0.29, 0.717) is 12.6 Å². The van der Waals surface area contributed by atoms with Crippen molar-refractivity contribution in [2.24, 2.45) is 5.92 Å². The minimum absolute atomic E-state index is 0.0289. The fourth-order valence-corrected chi connectivity index (χ4v) is 3.02. The number of carbonyl (C=O) groups is 1. The lowest BCUT2D eigenvalue weighted by molar-refractivity contribution is -0.126. The Kier molecular flexibility index (Phi) is 5.91. The fourth-order valence-electron chi connectivity index (χ4n) is 3.02. The molecule has 1 fully saturated rings. The summed E-state index contributed by atoms with van der Waals surface area (Å²) in [5, 5.41) is 6.39. The molecule has 122 valence electrons. The first-order chi connectivity index (χ1) is 10.5. The number of rotatable bonds is 5. The highest BCUT2D eigenvalue weighted by Gasteiger charge is 2.25. The third-order valence-corrected chi connectivity index (χ3v) is 4.32. The van der Waals surface area contributed by atoms with Crippen LogP contribution in [0.1, 0.15) is 31.4 Å². The Hall–Kier alpha value is -1.46. The maximum absolute atomic E-state index is 13.4. The summed E-state index contributed by atoms with van der Waals surface area (Å²) >= 11 is 0. The summed E-state index contributed by atoms with van der Waals surface area (Å²) in [6.45, 7) is 3.49. The molecule has 1 unspecified atom stereocenters. The van der Waals surface area contributed by atoms with E-state index >= 15 is 0 Å². The molecule has 22 heavy (non-hydrogen) atoms. The summed E-state index contributed by atoms with van der Waals surface area (Å²) < 4.78 is 13.4. The molecule has 5 heteroatoms. The molecule has 2 N–H and O–H groups in total. The van der Waals surface area contributed by atoms with Crippen molar-refractivity contribution >= 4 is 5.91 Å². The molecule has 0 saturated carbocycles. The normalized spacial score (nSPS) is 23.3. The lowest BCUT2D eigenvalue weighted by Crippen LogP contribution is -2.44. The highest BCUT2D eigenvalue weighted by molar-refractivity contribution is 5.78. The van der Waals surface area contributed by atoms with Gasteiger partial charge in [0.25, 0.3) is 0 Å². The quantitative estimate of drug-likeness (QED) is 0.874. The van der Waals surface area contributed by atoms with E-state index in [1.165, 1.54) is 12.1 Å². The Balaban J connectivity index is 1.96. The minimum Gasteiger partial charge on any atom is -0.354 e. The molecule has 0 bridgehead atoms. The van der Waals surface area contributed by atoms with Gasteiger partial charge < -0.3 is 15.5 Å². The zero-order valence-corrected chi connectivity index (χ0v) is 13.6. The van der Waals surface area contributed by atoms with Crippen LogP contribution >= 0.6 is 0 Å². The lowest BCUT2D eigenvalue weighted by Gasteiger charge is -2.29. The molecule has 0 radical (unpaired) electrons. The molecule has 1 heterocycles. The van der Waals surface area contributed by atoms with Crippen molar-refractivity contribution < 1.29 is 9.18 Å². The summed E-state index contributed by atoms with van der Waals surface area (Å²) in [6.07, 6.45) is 1.75. The fraction of sp³-hybridized carbons (Fsp3) is 0.588. The topological polar surface area (TPSA) is 44.4 Å². The van der Waals surface area contributed by atoms with Gasteiger partial charge in [0.2, 0.25) is 5.91 Å². The highest BCUT2D eigenvalue weighted by atomic mass is 19.1. The van der Waals surface area contributed by atoms with Crippen molar-refractivity contribution in [2.75, 3.05) is 27.2 Å². The molecule has 0 spiro atoms. The molecule has 2 rings (SSSR count). The van der Waals surface area contributed by atoms with E-state index < -0.39 is 0 Å². The van der Waals surface area contributed by atoms with Crippen molar-refractivity contribution in [3.8, 4) is 0 Å². The van der Waals surface area contributed by atoms with E-state index in [1.807, 2.05) is 25.1 Å². The van der Waals surface area contributed by atoms with E-state index in [0.717, 1.165) is 24.9 Å². The third-order valence-electron chi connectivity index (χ3n) is 4.32. The van der Waals surface area contributed by atoms with Crippen LogP contribution in [0.4, 0.5) is 4.39 Å². The van der Waals surface area contributed by atoms with Crippen LogP contribution < -0.4 is 10.6 Å². The van der Waals surface area contributed by atoms with Crippen molar-refractivity contribution in [3.63, 3.8) is 0 Å². The predicted molar refractivity (Wildman–Crippen MR) is 86.0 cm³/mol. The molecule has 1 aromatic carbocycles. The van der Waals surface area contributed by atoms with Crippen molar-refractivity contribution in [3.05, 3.63) is 35.6 Å². The second-order valence-corrected chi connectivity index (χ2v) is 6.36. The smallest absolute Gasteiger partial charge is 0.223 e.